The number of nitrogens with zero attached hydrogens (tertiary/aromatic N) is 1. The molecule has 0 saturated carbocycles. The summed E-state index contributed by atoms with van der Waals surface area (Å²) in [6.45, 7) is 4.63. The standard InChI is InChI=1S/C8H10INO/c1-3-11-8-5-10-6(2)4-7(8)9/h4-5H,3H2,1-2H3. The Morgan fingerprint density at radius 1 is 1.64 bits per heavy atom. The van der Waals surface area contributed by atoms with Crippen molar-refractivity contribution in [3.8, 4) is 5.75 Å². The lowest BCUT2D eigenvalue weighted by atomic mass is 10.4. The first-order chi connectivity index (χ1) is 5.24. The van der Waals surface area contributed by atoms with Crippen LogP contribution in [0.1, 0.15) is 12.6 Å². The number of hydrogen-bond donors (Lipinski definition) is 0. The molecule has 1 rings (SSSR count). The molecule has 0 fully saturated rings. The third-order valence-corrected chi connectivity index (χ3v) is 2.10. The Kier molecular flexibility index (Phi) is 3.11. The number of halogens is 1. The number of hydrogen-bond acceptors (Lipinski definition) is 2. The molecule has 0 amide bonds. The highest BCUT2D eigenvalue weighted by Gasteiger charge is 1.99. The van der Waals surface area contributed by atoms with E-state index in [1.54, 1.807) is 6.20 Å². The van der Waals surface area contributed by atoms with Crippen LogP contribution in [0, 0.1) is 10.5 Å². The number of rotatable bonds is 2. The first-order valence-corrected chi connectivity index (χ1v) is 4.57. The molecule has 1 heterocycles. The molecule has 11 heavy (non-hydrogen) atoms. The lowest BCUT2D eigenvalue weighted by Gasteiger charge is -2.04. The molecule has 0 aliphatic rings. The highest BCUT2D eigenvalue weighted by molar-refractivity contribution is 14.1. The van der Waals surface area contributed by atoms with Crippen LogP contribution < -0.4 is 4.74 Å². The molecular weight excluding hydrogens is 253 g/mol. The van der Waals surface area contributed by atoms with Gasteiger partial charge in [0.1, 0.15) is 0 Å². The fourth-order valence-electron chi connectivity index (χ4n) is 0.776. The molecule has 0 N–H and O–H groups in total. The Labute approximate surface area is 80.1 Å². The fourth-order valence-corrected chi connectivity index (χ4v) is 1.52. The quantitative estimate of drug-likeness (QED) is 0.764. The van der Waals surface area contributed by atoms with Crippen molar-refractivity contribution in [3.63, 3.8) is 0 Å². The number of aromatic nitrogens is 1. The lowest BCUT2D eigenvalue weighted by Crippen LogP contribution is -1.95. The van der Waals surface area contributed by atoms with E-state index >= 15 is 0 Å². The summed E-state index contributed by atoms with van der Waals surface area (Å²) >= 11 is 2.24. The molecule has 0 bridgehead atoms. The van der Waals surface area contributed by atoms with E-state index in [9.17, 15) is 0 Å². The zero-order valence-corrected chi connectivity index (χ0v) is 8.75. The Hall–Kier alpha value is -0.320. The smallest absolute Gasteiger partial charge is 0.150 e. The Morgan fingerprint density at radius 2 is 2.36 bits per heavy atom. The summed E-state index contributed by atoms with van der Waals surface area (Å²) in [7, 11) is 0. The molecular formula is C8H10INO. The van der Waals surface area contributed by atoms with E-state index < -0.39 is 0 Å². The Morgan fingerprint density at radius 3 is 2.91 bits per heavy atom. The fraction of sp³-hybridized carbons (Fsp3) is 0.375. The molecule has 0 aromatic carbocycles. The zero-order chi connectivity index (χ0) is 8.27. The first-order valence-electron chi connectivity index (χ1n) is 3.49. The van der Waals surface area contributed by atoms with Gasteiger partial charge in [-0.05, 0) is 42.5 Å². The minimum absolute atomic E-state index is 0.695. The van der Waals surface area contributed by atoms with Gasteiger partial charge in [-0.3, -0.25) is 4.98 Å². The van der Waals surface area contributed by atoms with E-state index in [2.05, 4.69) is 27.6 Å². The zero-order valence-electron chi connectivity index (χ0n) is 6.60. The molecule has 0 unspecified atom stereocenters. The average Bonchev–Trinajstić information content (AvgIpc) is 1.95. The highest BCUT2D eigenvalue weighted by atomic mass is 127. The summed E-state index contributed by atoms with van der Waals surface area (Å²) in [5, 5.41) is 0. The van der Waals surface area contributed by atoms with E-state index in [4.69, 9.17) is 4.74 Å². The molecule has 1 aromatic heterocycles. The molecule has 2 nitrogen and oxygen atoms in total. The van der Waals surface area contributed by atoms with Crippen LogP contribution >= 0.6 is 22.6 Å². The maximum absolute atomic E-state index is 5.32. The van der Waals surface area contributed by atoms with Gasteiger partial charge in [0, 0.05) is 5.69 Å². The van der Waals surface area contributed by atoms with Gasteiger partial charge in [-0.2, -0.15) is 0 Å². The van der Waals surface area contributed by atoms with Crippen molar-refractivity contribution >= 4 is 22.6 Å². The summed E-state index contributed by atoms with van der Waals surface area (Å²) in [5.41, 5.74) is 1.03. The minimum Gasteiger partial charge on any atom is -0.491 e. The summed E-state index contributed by atoms with van der Waals surface area (Å²) in [6, 6.07) is 2.01. The van der Waals surface area contributed by atoms with Gasteiger partial charge in [0.2, 0.25) is 0 Å². The summed E-state index contributed by atoms with van der Waals surface area (Å²) in [6.07, 6.45) is 1.76. The van der Waals surface area contributed by atoms with Gasteiger partial charge in [-0.25, -0.2) is 0 Å². The molecule has 0 radical (unpaired) electrons. The molecule has 0 saturated heterocycles. The molecule has 0 spiro atoms. The van der Waals surface area contributed by atoms with Crippen molar-refractivity contribution < 1.29 is 4.74 Å². The van der Waals surface area contributed by atoms with Crippen LogP contribution in [0.15, 0.2) is 12.3 Å². The van der Waals surface area contributed by atoms with Crippen molar-refractivity contribution in [1.29, 1.82) is 0 Å². The SMILES string of the molecule is CCOc1cnc(C)cc1I. The molecule has 3 heteroatoms. The van der Waals surface area contributed by atoms with Gasteiger partial charge in [0.05, 0.1) is 16.4 Å². The van der Waals surface area contributed by atoms with Crippen LogP contribution in [0.25, 0.3) is 0 Å². The van der Waals surface area contributed by atoms with Crippen molar-refractivity contribution in [2.75, 3.05) is 6.61 Å². The molecule has 0 aliphatic heterocycles. The summed E-state index contributed by atoms with van der Waals surface area (Å²) < 4.78 is 6.44. The number of ether oxygens (including phenoxy) is 1. The van der Waals surface area contributed by atoms with Crippen molar-refractivity contribution in [1.82, 2.24) is 4.98 Å². The van der Waals surface area contributed by atoms with Crippen molar-refractivity contribution in [3.05, 3.63) is 21.5 Å². The van der Waals surface area contributed by atoms with Crippen LogP contribution in [0.2, 0.25) is 0 Å². The van der Waals surface area contributed by atoms with Crippen LogP contribution in [0.4, 0.5) is 0 Å². The molecule has 0 aliphatic carbocycles. The maximum Gasteiger partial charge on any atom is 0.150 e. The van der Waals surface area contributed by atoms with Crippen molar-refractivity contribution in [2.24, 2.45) is 0 Å². The summed E-state index contributed by atoms with van der Waals surface area (Å²) in [4.78, 5) is 4.13. The predicted molar refractivity (Wildman–Crippen MR) is 52.9 cm³/mol. The normalized spacial score (nSPS) is 9.73. The van der Waals surface area contributed by atoms with E-state index in [0.29, 0.717) is 6.61 Å². The van der Waals surface area contributed by atoms with Gasteiger partial charge < -0.3 is 4.74 Å². The number of aryl methyl sites for hydroxylation is 1. The molecule has 0 atom stereocenters. The average molecular weight is 263 g/mol. The highest BCUT2D eigenvalue weighted by Crippen LogP contribution is 2.19. The predicted octanol–water partition coefficient (Wildman–Crippen LogP) is 2.39. The Bertz CT molecular complexity index is 250. The van der Waals surface area contributed by atoms with Gasteiger partial charge >= 0.3 is 0 Å². The van der Waals surface area contributed by atoms with Gasteiger partial charge in [0.25, 0.3) is 0 Å². The van der Waals surface area contributed by atoms with Gasteiger partial charge in [0.15, 0.2) is 5.75 Å². The third-order valence-electron chi connectivity index (χ3n) is 1.26. The van der Waals surface area contributed by atoms with Gasteiger partial charge in [-0.15, -0.1) is 0 Å². The van der Waals surface area contributed by atoms with Crippen LogP contribution in [0.3, 0.4) is 0 Å². The van der Waals surface area contributed by atoms with E-state index in [0.717, 1.165) is 15.0 Å². The van der Waals surface area contributed by atoms with Gasteiger partial charge in [-0.1, -0.05) is 0 Å². The van der Waals surface area contributed by atoms with Crippen LogP contribution in [0.5, 0.6) is 5.75 Å². The largest absolute Gasteiger partial charge is 0.491 e. The van der Waals surface area contributed by atoms with E-state index in [-0.39, 0.29) is 0 Å². The van der Waals surface area contributed by atoms with E-state index in [1.165, 1.54) is 0 Å². The number of pyridine rings is 1. The molecule has 1 aromatic rings. The Balaban J connectivity index is 2.90. The van der Waals surface area contributed by atoms with Crippen LogP contribution in [-0.4, -0.2) is 11.6 Å². The third kappa shape index (κ3) is 2.32. The van der Waals surface area contributed by atoms with Crippen LogP contribution in [-0.2, 0) is 0 Å². The molecule has 60 valence electrons. The minimum atomic E-state index is 0.695. The lowest BCUT2D eigenvalue weighted by molar-refractivity contribution is 0.336. The topological polar surface area (TPSA) is 22.1 Å². The maximum atomic E-state index is 5.32. The summed E-state index contributed by atoms with van der Waals surface area (Å²) in [5.74, 6) is 0.874. The monoisotopic (exact) mass is 263 g/mol. The van der Waals surface area contributed by atoms with E-state index in [1.807, 2.05) is 19.9 Å². The second-order valence-corrected chi connectivity index (χ2v) is 3.35. The first kappa shape index (κ1) is 8.77. The second-order valence-electron chi connectivity index (χ2n) is 2.19. The van der Waals surface area contributed by atoms with Crippen molar-refractivity contribution in [2.45, 2.75) is 13.8 Å². The second kappa shape index (κ2) is 3.90.